The molecule has 1 aliphatic rings. The monoisotopic (exact) mass is 269 g/mol. The van der Waals surface area contributed by atoms with Crippen molar-refractivity contribution in [1.82, 2.24) is 4.98 Å². The van der Waals surface area contributed by atoms with Gasteiger partial charge in [-0.1, -0.05) is 11.6 Å². The number of hydrogen-bond donors (Lipinski definition) is 0. The Morgan fingerprint density at radius 2 is 2.11 bits per heavy atom. The van der Waals surface area contributed by atoms with Gasteiger partial charge in [-0.2, -0.15) is 0 Å². The van der Waals surface area contributed by atoms with Crippen LogP contribution < -0.4 is 0 Å². The number of rotatable bonds is 2. The molecule has 2 atom stereocenters. The summed E-state index contributed by atoms with van der Waals surface area (Å²) < 4.78 is 11.1. The Kier molecular flexibility index (Phi) is 4.19. The van der Waals surface area contributed by atoms with E-state index in [1.54, 1.807) is 12.1 Å². The van der Waals surface area contributed by atoms with Crippen molar-refractivity contribution in [2.24, 2.45) is 0 Å². The SMILES string of the molecule is CC1CC(OC(=O)c2cccnc2Cl)CC(C)O1. The van der Waals surface area contributed by atoms with Crippen molar-refractivity contribution in [3.8, 4) is 0 Å². The molecular weight excluding hydrogens is 254 g/mol. The third kappa shape index (κ3) is 3.21. The molecule has 1 aromatic heterocycles. The summed E-state index contributed by atoms with van der Waals surface area (Å²) in [5.41, 5.74) is 0.311. The molecule has 2 rings (SSSR count). The summed E-state index contributed by atoms with van der Waals surface area (Å²) in [5, 5.41) is 0.177. The van der Waals surface area contributed by atoms with Gasteiger partial charge in [-0.25, -0.2) is 9.78 Å². The second kappa shape index (κ2) is 5.67. The van der Waals surface area contributed by atoms with Gasteiger partial charge in [-0.05, 0) is 26.0 Å². The van der Waals surface area contributed by atoms with Gasteiger partial charge in [0.25, 0.3) is 0 Å². The number of halogens is 1. The van der Waals surface area contributed by atoms with Crippen LogP contribution in [0, 0.1) is 0 Å². The molecule has 0 N–H and O–H groups in total. The van der Waals surface area contributed by atoms with Gasteiger partial charge in [0.15, 0.2) is 0 Å². The van der Waals surface area contributed by atoms with Crippen LogP contribution in [0.5, 0.6) is 0 Å². The molecule has 1 fully saturated rings. The van der Waals surface area contributed by atoms with E-state index in [0.29, 0.717) is 18.4 Å². The van der Waals surface area contributed by atoms with E-state index in [1.165, 1.54) is 6.20 Å². The predicted octanol–water partition coefficient (Wildman–Crippen LogP) is 2.85. The van der Waals surface area contributed by atoms with E-state index in [9.17, 15) is 4.79 Å². The first-order valence-electron chi connectivity index (χ1n) is 6.03. The first-order chi connectivity index (χ1) is 8.56. The average Bonchev–Trinajstić information content (AvgIpc) is 2.27. The highest BCUT2D eigenvalue weighted by molar-refractivity contribution is 6.32. The second-order valence-corrected chi connectivity index (χ2v) is 4.96. The number of ether oxygens (including phenoxy) is 2. The zero-order valence-corrected chi connectivity index (χ0v) is 11.2. The topological polar surface area (TPSA) is 48.4 Å². The van der Waals surface area contributed by atoms with Crippen LogP contribution >= 0.6 is 11.6 Å². The van der Waals surface area contributed by atoms with Crippen molar-refractivity contribution in [1.29, 1.82) is 0 Å². The maximum Gasteiger partial charge on any atom is 0.341 e. The van der Waals surface area contributed by atoms with E-state index < -0.39 is 5.97 Å². The first-order valence-corrected chi connectivity index (χ1v) is 6.41. The molecule has 4 nitrogen and oxygen atoms in total. The lowest BCUT2D eigenvalue weighted by atomic mass is 10.0. The predicted molar refractivity (Wildman–Crippen MR) is 67.7 cm³/mol. The van der Waals surface area contributed by atoms with Gasteiger partial charge in [-0.3, -0.25) is 0 Å². The van der Waals surface area contributed by atoms with Crippen LogP contribution in [0.2, 0.25) is 5.15 Å². The fourth-order valence-corrected chi connectivity index (χ4v) is 2.39. The van der Waals surface area contributed by atoms with E-state index in [-0.39, 0.29) is 23.5 Å². The normalized spacial score (nSPS) is 27.8. The Balaban J connectivity index is 2.01. The molecule has 0 aliphatic carbocycles. The summed E-state index contributed by atoms with van der Waals surface area (Å²) in [7, 11) is 0. The highest BCUT2D eigenvalue weighted by Crippen LogP contribution is 2.23. The standard InChI is InChI=1S/C13H16ClNO3/c1-8-6-10(7-9(2)17-8)18-13(16)11-4-3-5-15-12(11)14/h3-5,8-10H,6-7H2,1-2H3. The van der Waals surface area contributed by atoms with Crippen LogP contribution in [0.25, 0.3) is 0 Å². The molecule has 0 aromatic carbocycles. The lowest BCUT2D eigenvalue weighted by molar-refractivity contribution is -0.0855. The third-order valence-corrected chi connectivity index (χ3v) is 3.21. The number of pyridine rings is 1. The molecule has 0 bridgehead atoms. The molecule has 2 heterocycles. The summed E-state index contributed by atoms with van der Waals surface area (Å²) in [6, 6.07) is 3.28. The van der Waals surface area contributed by atoms with Gasteiger partial charge >= 0.3 is 5.97 Å². The maximum absolute atomic E-state index is 12.0. The van der Waals surface area contributed by atoms with Gasteiger partial charge < -0.3 is 9.47 Å². The fourth-order valence-electron chi connectivity index (χ4n) is 2.19. The minimum Gasteiger partial charge on any atom is -0.458 e. The molecule has 0 saturated carbocycles. The summed E-state index contributed by atoms with van der Waals surface area (Å²) in [4.78, 5) is 15.8. The minimum absolute atomic E-state index is 0.107. The number of aromatic nitrogens is 1. The molecule has 0 amide bonds. The lowest BCUT2D eigenvalue weighted by Crippen LogP contribution is -2.35. The number of carbonyl (C=O) groups is 1. The molecule has 0 spiro atoms. The van der Waals surface area contributed by atoms with Crippen molar-refractivity contribution in [2.45, 2.75) is 45.0 Å². The van der Waals surface area contributed by atoms with Gasteiger partial charge in [-0.15, -0.1) is 0 Å². The van der Waals surface area contributed by atoms with E-state index in [1.807, 2.05) is 13.8 Å². The summed E-state index contributed by atoms with van der Waals surface area (Å²) in [6.45, 7) is 3.96. The van der Waals surface area contributed by atoms with Crippen LogP contribution in [0.1, 0.15) is 37.0 Å². The third-order valence-electron chi connectivity index (χ3n) is 2.91. The van der Waals surface area contributed by atoms with Crippen LogP contribution in [0.15, 0.2) is 18.3 Å². The number of hydrogen-bond acceptors (Lipinski definition) is 4. The van der Waals surface area contributed by atoms with Crippen molar-refractivity contribution < 1.29 is 14.3 Å². The van der Waals surface area contributed by atoms with Crippen LogP contribution in [-0.2, 0) is 9.47 Å². The van der Waals surface area contributed by atoms with Gasteiger partial charge in [0.1, 0.15) is 11.3 Å². The zero-order valence-electron chi connectivity index (χ0n) is 10.4. The molecule has 5 heteroatoms. The Morgan fingerprint density at radius 1 is 1.44 bits per heavy atom. The summed E-state index contributed by atoms with van der Waals surface area (Å²) in [6.07, 6.45) is 3.07. The maximum atomic E-state index is 12.0. The smallest absolute Gasteiger partial charge is 0.341 e. The van der Waals surface area contributed by atoms with E-state index in [2.05, 4.69) is 4.98 Å². The van der Waals surface area contributed by atoms with Crippen molar-refractivity contribution >= 4 is 17.6 Å². The number of esters is 1. The highest BCUT2D eigenvalue weighted by atomic mass is 35.5. The van der Waals surface area contributed by atoms with Gasteiger partial charge in [0.2, 0.25) is 0 Å². The molecular formula is C13H16ClNO3. The highest BCUT2D eigenvalue weighted by Gasteiger charge is 2.28. The Hall–Kier alpha value is -1.13. The summed E-state index contributed by atoms with van der Waals surface area (Å²) >= 11 is 5.86. The molecule has 2 unspecified atom stereocenters. The average molecular weight is 270 g/mol. The minimum atomic E-state index is -0.417. The van der Waals surface area contributed by atoms with Crippen molar-refractivity contribution in [3.05, 3.63) is 29.0 Å². The Labute approximate surface area is 111 Å². The Morgan fingerprint density at radius 3 is 2.72 bits per heavy atom. The van der Waals surface area contributed by atoms with E-state index in [0.717, 1.165) is 0 Å². The van der Waals surface area contributed by atoms with E-state index >= 15 is 0 Å². The van der Waals surface area contributed by atoms with Gasteiger partial charge in [0.05, 0.1) is 17.8 Å². The quantitative estimate of drug-likeness (QED) is 0.612. The molecule has 1 aromatic rings. The van der Waals surface area contributed by atoms with Crippen LogP contribution in [0.3, 0.4) is 0 Å². The number of nitrogens with zero attached hydrogens (tertiary/aromatic N) is 1. The number of carbonyl (C=O) groups excluding carboxylic acids is 1. The molecule has 18 heavy (non-hydrogen) atoms. The molecule has 0 radical (unpaired) electrons. The van der Waals surface area contributed by atoms with Crippen molar-refractivity contribution in [3.63, 3.8) is 0 Å². The Bertz CT molecular complexity index is 428. The second-order valence-electron chi connectivity index (χ2n) is 4.60. The molecule has 1 aliphatic heterocycles. The fraction of sp³-hybridized carbons (Fsp3) is 0.538. The lowest BCUT2D eigenvalue weighted by Gasteiger charge is -2.31. The zero-order chi connectivity index (χ0) is 13.1. The van der Waals surface area contributed by atoms with Gasteiger partial charge in [0, 0.05) is 19.0 Å². The van der Waals surface area contributed by atoms with Crippen molar-refractivity contribution in [2.75, 3.05) is 0 Å². The molecule has 98 valence electrons. The largest absolute Gasteiger partial charge is 0.458 e. The van der Waals surface area contributed by atoms with Crippen LogP contribution in [-0.4, -0.2) is 29.3 Å². The van der Waals surface area contributed by atoms with Crippen LogP contribution in [0.4, 0.5) is 0 Å². The summed E-state index contributed by atoms with van der Waals surface area (Å²) in [5.74, 6) is -0.417. The van der Waals surface area contributed by atoms with E-state index in [4.69, 9.17) is 21.1 Å². The first kappa shape index (κ1) is 13.3. The molecule has 1 saturated heterocycles.